The van der Waals surface area contributed by atoms with E-state index >= 15 is 0 Å². The lowest BCUT2D eigenvalue weighted by atomic mass is 10.0. The van der Waals surface area contributed by atoms with Crippen LogP contribution in [0.5, 0.6) is 0 Å². The molecule has 2 amide bonds. The number of ether oxygens (including phenoxy) is 1. The van der Waals surface area contributed by atoms with Crippen molar-refractivity contribution >= 4 is 12.0 Å². The molecule has 0 aliphatic rings. The van der Waals surface area contributed by atoms with Crippen LogP contribution in [0.3, 0.4) is 0 Å². The van der Waals surface area contributed by atoms with Gasteiger partial charge in [0, 0.05) is 31.9 Å². The zero-order valence-electron chi connectivity index (χ0n) is 17.8. The standard InChI is InChI=1S/C21H35N3O3/c1-15(2)13-24(14-16(3)4)19(25)18(11-17-9-8-10-22-12-17)23-20(26)27-21(5,6)7/h8-10,12,15-16,18H,11,13-14H2,1-7H3,(H,23,26)/t18-/m0/s1. The predicted octanol–water partition coefficient (Wildman–Crippen LogP) is 3.66. The average Bonchev–Trinajstić information content (AvgIpc) is 2.51. The molecule has 1 rings (SSSR count). The molecule has 0 saturated carbocycles. The van der Waals surface area contributed by atoms with Crippen LogP contribution < -0.4 is 5.32 Å². The molecule has 0 aliphatic heterocycles. The van der Waals surface area contributed by atoms with E-state index in [-0.39, 0.29) is 5.91 Å². The molecule has 0 radical (unpaired) electrons. The summed E-state index contributed by atoms with van der Waals surface area (Å²) in [5, 5.41) is 2.77. The Balaban J connectivity index is 3.01. The lowest BCUT2D eigenvalue weighted by molar-refractivity contribution is -0.134. The first-order valence-electron chi connectivity index (χ1n) is 9.65. The van der Waals surface area contributed by atoms with Gasteiger partial charge in [-0.3, -0.25) is 9.78 Å². The van der Waals surface area contributed by atoms with Crippen molar-refractivity contribution in [2.75, 3.05) is 13.1 Å². The van der Waals surface area contributed by atoms with E-state index in [0.29, 0.717) is 31.3 Å². The quantitative estimate of drug-likeness (QED) is 0.750. The zero-order chi connectivity index (χ0) is 20.6. The Morgan fingerprint density at radius 1 is 1.15 bits per heavy atom. The Kier molecular flexibility index (Phi) is 8.73. The predicted molar refractivity (Wildman–Crippen MR) is 107 cm³/mol. The van der Waals surface area contributed by atoms with Crippen molar-refractivity contribution in [3.8, 4) is 0 Å². The van der Waals surface area contributed by atoms with Gasteiger partial charge in [-0.25, -0.2) is 4.79 Å². The molecule has 1 atom stereocenters. The van der Waals surface area contributed by atoms with Gasteiger partial charge < -0.3 is 15.0 Å². The molecule has 1 aromatic heterocycles. The number of aromatic nitrogens is 1. The van der Waals surface area contributed by atoms with Crippen LogP contribution in [0, 0.1) is 11.8 Å². The van der Waals surface area contributed by atoms with Crippen LogP contribution in [0.2, 0.25) is 0 Å². The van der Waals surface area contributed by atoms with E-state index in [1.165, 1.54) is 0 Å². The second kappa shape index (κ2) is 10.3. The highest BCUT2D eigenvalue weighted by Crippen LogP contribution is 2.12. The van der Waals surface area contributed by atoms with E-state index < -0.39 is 17.7 Å². The maximum Gasteiger partial charge on any atom is 0.408 e. The van der Waals surface area contributed by atoms with Gasteiger partial charge in [0.1, 0.15) is 11.6 Å². The lowest BCUT2D eigenvalue weighted by Crippen LogP contribution is -2.52. The fourth-order valence-electron chi connectivity index (χ4n) is 2.76. The van der Waals surface area contributed by atoms with Gasteiger partial charge in [-0.2, -0.15) is 0 Å². The fraction of sp³-hybridized carbons (Fsp3) is 0.667. The van der Waals surface area contributed by atoms with Gasteiger partial charge in [-0.15, -0.1) is 0 Å². The monoisotopic (exact) mass is 377 g/mol. The van der Waals surface area contributed by atoms with Crippen molar-refractivity contribution in [1.82, 2.24) is 15.2 Å². The molecule has 0 fully saturated rings. The van der Waals surface area contributed by atoms with Gasteiger partial charge in [-0.1, -0.05) is 33.8 Å². The molecule has 1 N–H and O–H groups in total. The summed E-state index contributed by atoms with van der Waals surface area (Å²) in [6, 6.07) is 3.03. The first kappa shape index (κ1) is 22.9. The summed E-state index contributed by atoms with van der Waals surface area (Å²) < 4.78 is 5.36. The fourth-order valence-corrected chi connectivity index (χ4v) is 2.76. The number of hydrogen-bond donors (Lipinski definition) is 1. The smallest absolute Gasteiger partial charge is 0.408 e. The minimum Gasteiger partial charge on any atom is -0.444 e. The molecule has 0 aliphatic carbocycles. The van der Waals surface area contributed by atoms with Crippen LogP contribution >= 0.6 is 0 Å². The third-order valence-electron chi connectivity index (χ3n) is 3.63. The van der Waals surface area contributed by atoms with Crippen molar-refractivity contribution < 1.29 is 14.3 Å². The van der Waals surface area contributed by atoms with Crippen LogP contribution in [0.25, 0.3) is 0 Å². The highest BCUT2D eigenvalue weighted by atomic mass is 16.6. The van der Waals surface area contributed by atoms with Gasteiger partial charge in [0.25, 0.3) is 0 Å². The lowest BCUT2D eigenvalue weighted by Gasteiger charge is -2.31. The van der Waals surface area contributed by atoms with Gasteiger partial charge in [-0.05, 0) is 44.2 Å². The summed E-state index contributed by atoms with van der Waals surface area (Å²) in [6.07, 6.45) is 3.19. The summed E-state index contributed by atoms with van der Waals surface area (Å²) in [5.74, 6) is 0.591. The van der Waals surface area contributed by atoms with Gasteiger partial charge in [0.15, 0.2) is 0 Å². The van der Waals surface area contributed by atoms with E-state index in [1.807, 2.05) is 17.0 Å². The normalized spacial score (nSPS) is 12.8. The number of amides is 2. The first-order valence-corrected chi connectivity index (χ1v) is 9.65. The number of hydrogen-bond acceptors (Lipinski definition) is 4. The Labute approximate surface area is 163 Å². The third kappa shape index (κ3) is 9.40. The largest absolute Gasteiger partial charge is 0.444 e. The number of alkyl carbamates (subject to hydrolysis) is 1. The maximum atomic E-state index is 13.3. The van der Waals surface area contributed by atoms with E-state index in [1.54, 1.807) is 33.2 Å². The SMILES string of the molecule is CC(C)CN(CC(C)C)C(=O)[C@H](Cc1cccnc1)NC(=O)OC(C)(C)C. The zero-order valence-corrected chi connectivity index (χ0v) is 17.8. The first-order chi connectivity index (χ1) is 12.5. The van der Waals surface area contributed by atoms with Crippen molar-refractivity contribution in [3.63, 3.8) is 0 Å². The minimum atomic E-state index is -0.693. The number of pyridine rings is 1. The number of nitrogens with zero attached hydrogens (tertiary/aromatic N) is 2. The molecule has 6 nitrogen and oxygen atoms in total. The second-order valence-electron chi connectivity index (χ2n) is 8.80. The third-order valence-corrected chi connectivity index (χ3v) is 3.63. The van der Waals surface area contributed by atoms with Crippen LogP contribution in [0.15, 0.2) is 24.5 Å². The Bertz CT molecular complexity index is 584. The molecule has 27 heavy (non-hydrogen) atoms. The van der Waals surface area contributed by atoms with Crippen molar-refractivity contribution in [2.45, 2.75) is 66.5 Å². The second-order valence-corrected chi connectivity index (χ2v) is 8.80. The Hall–Kier alpha value is -2.11. The number of rotatable bonds is 8. The van der Waals surface area contributed by atoms with Crippen LogP contribution in [-0.2, 0) is 16.0 Å². The topological polar surface area (TPSA) is 71.5 Å². The van der Waals surface area contributed by atoms with Crippen LogP contribution in [0.4, 0.5) is 4.79 Å². The molecule has 0 saturated heterocycles. The van der Waals surface area contributed by atoms with Crippen LogP contribution in [-0.4, -0.2) is 46.6 Å². The van der Waals surface area contributed by atoms with Crippen molar-refractivity contribution in [3.05, 3.63) is 30.1 Å². The minimum absolute atomic E-state index is 0.0906. The molecule has 0 aromatic carbocycles. The van der Waals surface area contributed by atoms with Crippen LogP contribution in [0.1, 0.15) is 54.0 Å². The molecular weight excluding hydrogens is 342 g/mol. The summed E-state index contributed by atoms with van der Waals surface area (Å²) >= 11 is 0. The van der Waals surface area contributed by atoms with Gasteiger partial charge in [0.05, 0.1) is 0 Å². The van der Waals surface area contributed by atoms with E-state index in [9.17, 15) is 9.59 Å². The Morgan fingerprint density at radius 2 is 1.74 bits per heavy atom. The number of nitrogens with one attached hydrogen (secondary N) is 1. The molecule has 0 bridgehead atoms. The molecule has 152 valence electrons. The summed E-state index contributed by atoms with van der Waals surface area (Å²) in [5.41, 5.74) is 0.266. The molecular formula is C21H35N3O3. The van der Waals surface area contributed by atoms with Crippen molar-refractivity contribution in [2.24, 2.45) is 11.8 Å². The molecule has 0 spiro atoms. The van der Waals surface area contributed by atoms with Gasteiger partial charge >= 0.3 is 6.09 Å². The summed E-state index contributed by atoms with van der Waals surface area (Å²) in [7, 11) is 0. The van der Waals surface area contributed by atoms with E-state index in [0.717, 1.165) is 5.56 Å². The summed E-state index contributed by atoms with van der Waals surface area (Å²) in [6.45, 7) is 15.0. The number of carbonyl (C=O) groups excluding carboxylic acids is 2. The average molecular weight is 378 g/mol. The molecule has 6 heteroatoms. The summed E-state index contributed by atoms with van der Waals surface area (Å²) in [4.78, 5) is 31.5. The molecule has 1 aromatic rings. The van der Waals surface area contributed by atoms with Gasteiger partial charge in [0.2, 0.25) is 5.91 Å². The number of carbonyl (C=O) groups is 2. The van der Waals surface area contributed by atoms with E-state index in [4.69, 9.17) is 4.74 Å². The van der Waals surface area contributed by atoms with Crippen molar-refractivity contribution in [1.29, 1.82) is 0 Å². The maximum absolute atomic E-state index is 13.3. The highest BCUT2D eigenvalue weighted by Gasteiger charge is 2.29. The highest BCUT2D eigenvalue weighted by molar-refractivity contribution is 5.86. The Morgan fingerprint density at radius 3 is 2.19 bits per heavy atom. The molecule has 0 unspecified atom stereocenters. The van der Waals surface area contributed by atoms with E-state index in [2.05, 4.69) is 38.0 Å². The molecule has 1 heterocycles.